The Morgan fingerprint density at radius 2 is 1.50 bits per heavy atom. The molecule has 0 bridgehead atoms. The van der Waals surface area contributed by atoms with Gasteiger partial charge in [-0.15, -0.1) is 0 Å². The van der Waals surface area contributed by atoms with Crippen LogP contribution in [0.25, 0.3) is 5.69 Å². The van der Waals surface area contributed by atoms with E-state index in [4.69, 9.17) is 0 Å². The quantitative estimate of drug-likeness (QED) is 0.567. The van der Waals surface area contributed by atoms with Crippen LogP contribution in [-0.2, 0) is 29.4 Å². The number of halogens is 6. The van der Waals surface area contributed by atoms with Crippen molar-refractivity contribution in [2.24, 2.45) is 7.05 Å². The zero-order chi connectivity index (χ0) is 24.1. The van der Waals surface area contributed by atoms with Crippen LogP contribution in [0.15, 0.2) is 58.2 Å². The number of alkyl halides is 6. The molecule has 0 radical (unpaired) electrons. The van der Waals surface area contributed by atoms with Crippen molar-refractivity contribution in [2.45, 2.75) is 24.2 Å². The monoisotopic (exact) mass is 479 g/mol. The fraction of sp³-hybridized carbons (Fsp3) is 0.211. The van der Waals surface area contributed by atoms with E-state index in [1.807, 2.05) is 0 Å². The van der Waals surface area contributed by atoms with Crippen LogP contribution in [0.4, 0.5) is 32.0 Å². The van der Waals surface area contributed by atoms with E-state index in [9.17, 15) is 39.6 Å². The van der Waals surface area contributed by atoms with Gasteiger partial charge in [-0.25, -0.2) is 13.1 Å². The van der Waals surface area contributed by atoms with Gasteiger partial charge in [0.05, 0.1) is 22.5 Å². The second kappa shape index (κ2) is 7.73. The van der Waals surface area contributed by atoms with Gasteiger partial charge in [-0.05, 0) is 37.3 Å². The zero-order valence-electron chi connectivity index (χ0n) is 16.4. The summed E-state index contributed by atoms with van der Waals surface area (Å²) in [5.74, 6) is 0. The Bertz CT molecular complexity index is 1320. The maximum atomic E-state index is 13.4. The molecule has 0 saturated heterocycles. The molecule has 0 amide bonds. The van der Waals surface area contributed by atoms with Gasteiger partial charge in [0.25, 0.3) is 15.6 Å². The molecule has 0 aliphatic carbocycles. The highest BCUT2D eigenvalue weighted by Gasteiger charge is 2.40. The number of sulfonamides is 1. The molecule has 0 atom stereocenters. The minimum absolute atomic E-state index is 0.0305. The van der Waals surface area contributed by atoms with Crippen molar-refractivity contribution in [1.82, 2.24) is 9.36 Å². The molecule has 13 heteroatoms. The lowest BCUT2D eigenvalue weighted by atomic mass is 10.1. The highest BCUT2D eigenvalue weighted by molar-refractivity contribution is 7.92. The number of aromatic nitrogens is 2. The third-order valence-corrected chi connectivity index (χ3v) is 6.08. The van der Waals surface area contributed by atoms with Crippen LogP contribution < -0.4 is 10.3 Å². The minimum Gasteiger partial charge on any atom is -0.283 e. The summed E-state index contributed by atoms with van der Waals surface area (Å²) in [5, 5.41) is 0. The predicted molar refractivity (Wildman–Crippen MR) is 103 cm³/mol. The van der Waals surface area contributed by atoms with Crippen LogP contribution in [0, 0.1) is 6.92 Å². The minimum atomic E-state index is -5.26. The van der Waals surface area contributed by atoms with Crippen molar-refractivity contribution in [3.63, 3.8) is 0 Å². The summed E-state index contributed by atoms with van der Waals surface area (Å²) >= 11 is 0. The summed E-state index contributed by atoms with van der Waals surface area (Å²) in [6, 6.07) is 8.01. The summed E-state index contributed by atoms with van der Waals surface area (Å²) in [4.78, 5) is 11.2. The number of rotatable bonds is 4. The largest absolute Gasteiger partial charge is 0.417 e. The van der Waals surface area contributed by atoms with Crippen molar-refractivity contribution >= 4 is 15.7 Å². The molecule has 0 spiro atoms. The lowest BCUT2D eigenvalue weighted by Gasteiger charge is -2.16. The first-order chi connectivity index (χ1) is 14.6. The van der Waals surface area contributed by atoms with Gasteiger partial charge in [-0.3, -0.25) is 14.2 Å². The molecule has 2 aromatic carbocycles. The van der Waals surface area contributed by atoms with Gasteiger partial charge in [0.2, 0.25) is 0 Å². The van der Waals surface area contributed by atoms with Crippen LogP contribution in [0.1, 0.15) is 16.8 Å². The van der Waals surface area contributed by atoms with Crippen molar-refractivity contribution in [3.05, 3.63) is 75.7 Å². The number of anilines is 1. The highest BCUT2D eigenvalue weighted by atomic mass is 32.2. The Morgan fingerprint density at radius 1 is 0.906 bits per heavy atom. The average molecular weight is 479 g/mol. The number of hydrogen-bond acceptors (Lipinski definition) is 3. The van der Waals surface area contributed by atoms with Gasteiger partial charge in [-0.2, -0.15) is 26.3 Å². The molecule has 0 aliphatic rings. The maximum absolute atomic E-state index is 13.4. The van der Waals surface area contributed by atoms with Crippen LogP contribution >= 0.6 is 0 Å². The summed E-state index contributed by atoms with van der Waals surface area (Å²) in [6.45, 7) is 1.33. The highest BCUT2D eigenvalue weighted by Crippen LogP contribution is 2.38. The molecule has 0 unspecified atom stereocenters. The SMILES string of the molecule is Cc1c(NS(=O)(=O)c2cc(C(F)(F)F)ccc2C(F)(F)F)c(=O)n(-c2ccccc2)n1C. The van der Waals surface area contributed by atoms with Gasteiger partial charge >= 0.3 is 12.4 Å². The van der Waals surface area contributed by atoms with Crippen LogP contribution in [0.3, 0.4) is 0 Å². The van der Waals surface area contributed by atoms with E-state index in [1.54, 1.807) is 22.9 Å². The van der Waals surface area contributed by atoms with Crippen LogP contribution in [0.2, 0.25) is 0 Å². The summed E-state index contributed by atoms with van der Waals surface area (Å²) in [5.41, 5.74) is -4.53. The number of benzene rings is 2. The molecule has 6 nitrogen and oxygen atoms in total. The van der Waals surface area contributed by atoms with Gasteiger partial charge in [0, 0.05) is 7.05 Å². The molecule has 32 heavy (non-hydrogen) atoms. The molecule has 1 aromatic heterocycles. The number of hydrogen-bond donors (Lipinski definition) is 1. The van der Waals surface area contributed by atoms with Crippen molar-refractivity contribution in [3.8, 4) is 5.69 Å². The number of nitrogens with zero attached hydrogens (tertiary/aromatic N) is 2. The smallest absolute Gasteiger partial charge is 0.283 e. The molecule has 0 saturated carbocycles. The molecule has 0 fully saturated rings. The van der Waals surface area contributed by atoms with E-state index in [2.05, 4.69) is 0 Å². The summed E-state index contributed by atoms with van der Waals surface area (Å²) in [7, 11) is -3.83. The lowest BCUT2D eigenvalue weighted by molar-refractivity contribution is -0.143. The zero-order valence-corrected chi connectivity index (χ0v) is 17.2. The molecule has 3 rings (SSSR count). The topological polar surface area (TPSA) is 73.1 Å². The third kappa shape index (κ3) is 4.24. The van der Waals surface area contributed by atoms with E-state index in [0.29, 0.717) is 5.69 Å². The van der Waals surface area contributed by atoms with E-state index in [-0.39, 0.29) is 23.9 Å². The normalized spacial score (nSPS) is 12.8. The standard InChI is InChI=1S/C19H15F6N3O3S/c1-11-16(17(29)28(27(11)2)13-6-4-3-5-7-13)26-32(30,31)15-10-12(18(20,21)22)8-9-14(15)19(23,24)25/h3-10,26H,1-2H3. The summed E-state index contributed by atoms with van der Waals surface area (Å²) in [6.07, 6.45) is -10.3. The van der Waals surface area contributed by atoms with Gasteiger partial charge in [-0.1, -0.05) is 18.2 Å². The molecule has 1 N–H and O–H groups in total. The molecule has 1 heterocycles. The average Bonchev–Trinajstić information content (AvgIpc) is 2.90. The third-order valence-electron chi connectivity index (χ3n) is 4.69. The Morgan fingerprint density at radius 3 is 2.03 bits per heavy atom. The molecule has 0 aliphatic heterocycles. The van der Waals surface area contributed by atoms with E-state index < -0.39 is 49.6 Å². The Labute approximate surface area is 177 Å². The van der Waals surface area contributed by atoms with E-state index in [0.717, 1.165) is 4.68 Å². The van der Waals surface area contributed by atoms with Crippen molar-refractivity contribution in [1.29, 1.82) is 0 Å². The van der Waals surface area contributed by atoms with Crippen molar-refractivity contribution in [2.75, 3.05) is 4.72 Å². The predicted octanol–water partition coefficient (Wildman–Crippen LogP) is 4.32. The molecular formula is C19H15F6N3O3S. The second-order valence-electron chi connectivity index (χ2n) is 6.75. The van der Waals surface area contributed by atoms with Gasteiger partial charge in [0.1, 0.15) is 10.6 Å². The summed E-state index contributed by atoms with van der Waals surface area (Å²) < 4.78 is 109. The van der Waals surface area contributed by atoms with E-state index >= 15 is 0 Å². The van der Waals surface area contributed by atoms with Gasteiger partial charge in [0.15, 0.2) is 0 Å². The number of nitrogens with one attached hydrogen (secondary N) is 1. The first-order valence-corrected chi connectivity index (χ1v) is 10.3. The van der Waals surface area contributed by atoms with Crippen LogP contribution in [0.5, 0.6) is 0 Å². The fourth-order valence-corrected chi connectivity index (χ4v) is 4.40. The first-order valence-electron chi connectivity index (χ1n) is 8.80. The Hall–Kier alpha value is -3.22. The Kier molecular flexibility index (Phi) is 5.66. The van der Waals surface area contributed by atoms with E-state index in [1.165, 1.54) is 30.8 Å². The molecule has 3 aromatic rings. The molecular weight excluding hydrogens is 464 g/mol. The number of para-hydroxylation sites is 1. The maximum Gasteiger partial charge on any atom is 0.417 e. The lowest BCUT2D eigenvalue weighted by Crippen LogP contribution is -2.25. The van der Waals surface area contributed by atoms with Gasteiger partial charge < -0.3 is 0 Å². The van der Waals surface area contributed by atoms with Crippen molar-refractivity contribution < 1.29 is 34.8 Å². The second-order valence-corrected chi connectivity index (χ2v) is 8.40. The first kappa shape index (κ1) is 23.4. The molecule has 172 valence electrons. The van der Waals surface area contributed by atoms with Crippen LogP contribution in [-0.4, -0.2) is 17.8 Å². The Balaban J connectivity index is 2.19. The fourth-order valence-electron chi connectivity index (χ4n) is 3.03.